The van der Waals surface area contributed by atoms with E-state index in [0.717, 1.165) is 22.8 Å². The van der Waals surface area contributed by atoms with E-state index >= 15 is 0 Å². The molecule has 124 valence electrons. The molecule has 2 heterocycles. The summed E-state index contributed by atoms with van der Waals surface area (Å²) >= 11 is 0. The second-order valence-electron chi connectivity index (χ2n) is 6.43. The van der Waals surface area contributed by atoms with Gasteiger partial charge in [-0.3, -0.25) is 4.98 Å². The standard InChI is InChI=1S/C17H23N3O2S/c1-12-9-18-10-15-5-4-6-16(17(12)15)23(21,22)20-8-7-13(2)19-14(3)11-20/h4-6,9-10,13-14,19H,7-8,11H2,1-3H3. The van der Waals surface area contributed by atoms with Crippen LogP contribution in [0.2, 0.25) is 0 Å². The first kappa shape index (κ1) is 16.4. The molecule has 1 N–H and O–H groups in total. The molecule has 1 aliphatic heterocycles. The highest BCUT2D eigenvalue weighted by Crippen LogP contribution is 2.28. The zero-order chi connectivity index (χ0) is 16.6. The number of aryl methyl sites for hydroxylation is 1. The average Bonchev–Trinajstić information content (AvgIpc) is 2.68. The zero-order valence-corrected chi connectivity index (χ0v) is 14.6. The molecule has 1 aromatic heterocycles. The summed E-state index contributed by atoms with van der Waals surface area (Å²) in [5.41, 5.74) is 0.885. The number of fused-ring (bicyclic) bond motifs is 1. The minimum Gasteiger partial charge on any atom is -0.310 e. The lowest BCUT2D eigenvalue weighted by atomic mass is 10.1. The van der Waals surface area contributed by atoms with Crippen LogP contribution in [0.15, 0.2) is 35.5 Å². The molecule has 0 amide bonds. The van der Waals surface area contributed by atoms with Gasteiger partial charge in [-0.25, -0.2) is 8.42 Å². The molecule has 1 aliphatic rings. The number of rotatable bonds is 2. The van der Waals surface area contributed by atoms with Crippen LogP contribution < -0.4 is 5.32 Å². The van der Waals surface area contributed by atoms with Gasteiger partial charge in [0.15, 0.2) is 0 Å². The molecule has 2 atom stereocenters. The summed E-state index contributed by atoms with van der Waals surface area (Å²) in [5.74, 6) is 0. The van der Waals surface area contributed by atoms with E-state index in [2.05, 4.69) is 17.2 Å². The number of pyridine rings is 1. The van der Waals surface area contributed by atoms with Crippen molar-refractivity contribution in [2.24, 2.45) is 0 Å². The van der Waals surface area contributed by atoms with Gasteiger partial charge in [-0.05, 0) is 38.8 Å². The van der Waals surface area contributed by atoms with E-state index in [1.54, 1.807) is 28.8 Å². The van der Waals surface area contributed by atoms with Gasteiger partial charge in [0.25, 0.3) is 0 Å². The maximum absolute atomic E-state index is 13.2. The maximum atomic E-state index is 13.2. The van der Waals surface area contributed by atoms with Gasteiger partial charge in [0, 0.05) is 48.3 Å². The topological polar surface area (TPSA) is 62.3 Å². The summed E-state index contributed by atoms with van der Waals surface area (Å²) in [4.78, 5) is 4.55. The highest BCUT2D eigenvalue weighted by Gasteiger charge is 2.30. The van der Waals surface area contributed by atoms with Crippen LogP contribution in [0.4, 0.5) is 0 Å². The monoisotopic (exact) mass is 333 g/mol. The molecule has 2 unspecified atom stereocenters. The largest absolute Gasteiger partial charge is 0.310 e. The van der Waals surface area contributed by atoms with Crippen LogP contribution in [0.1, 0.15) is 25.8 Å². The number of nitrogens with one attached hydrogen (secondary N) is 1. The Morgan fingerprint density at radius 2 is 2.00 bits per heavy atom. The summed E-state index contributed by atoms with van der Waals surface area (Å²) in [6.07, 6.45) is 4.25. The summed E-state index contributed by atoms with van der Waals surface area (Å²) in [7, 11) is -3.53. The highest BCUT2D eigenvalue weighted by molar-refractivity contribution is 7.89. The van der Waals surface area contributed by atoms with Crippen molar-refractivity contribution in [2.75, 3.05) is 13.1 Å². The summed E-state index contributed by atoms with van der Waals surface area (Å²) in [6, 6.07) is 5.86. The predicted molar refractivity (Wildman–Crippen MR) is 91.9 cm³/mol. The van der Waals surface area contributed by atoms with Gasteiger partial charge in [0.2, 0.25) is 10.0 Å². The zero-order valence-electron chi connectivity index (χ0n) is 13.8. The molecule has 0 radical (unpaired) electrons. The van der Waals surface area contributed by atoms with E-state index in [9.17, 15) is 8.42 Å². The molecular weight excluding hydrogens is 310 g/mol. The van der Waals surface area contributed by atoms with E-state index < -0.39 is 10.0 Å². The number of benzene rings is 1. The van der Waals surface area contributed by atoms with Crippen molar-refractivity contribution in [2.45, 2.75) is 44.2 Å². The van der Waals surface area contributed by atoms with E-state index in [0.29, 0.717) is 24.0 Å². The molecule has 1 saturated heterocycles. The third-order valence-corrected chi connectivity index (χ3v) is 6.32. The first-order valence-corrected chi connectivity index (χ1v) is 9.43. The molecule has 0 bridgehead atoms. The molecule has 6 heteroatoms. The van der Waals surface area contributed by atoms with Crippen LogP contribution in [0, 0.1) is 6.92 Å². The fraction of sp³-hybridized carbons (Fsp3) is 0.471. The van der Waals surface area contributed by atoms with Gasteiger partial charge in [0.1, 0.15) is 0 Å². The van der Waals surface area contributed by atoms with E-state index in [-0.39, 0.29) is 6.04 Å². The number of hydrogen-bond donors (Lipinski definition) is 1. The van der Waals surface area contributed by atoms with Gasteiger partial charge >= 0.3 is 0 Å². The quantitative estimate of drug-likeness (QED) is 0.916. The summed E-state index contributed by atoms with van der Waals surface area (Å²) < 4.78 is 28.1. The van der Waals surface area contributed by atoms with Crippen molar-refractivity contribution < 1.29 is 8.42 Å². The van der Waals surface area contributed by atoms with Crippen molar-refractivity contribution in [3.63, 3.8) is 0 Å². The molecule has 23 heavy (non-hydrogen) atoms. The molecule has 3 rings (SSSR count). The molecule has 2 aromatic rings. The van der Waals surface area contributed by atoms with E-state index in [1.807, 2.05) is 19.9 Å². The number of aromatic nitrogens is 1. The Bertz CT molecular complexity index is 814. The molecule has 5 nitrogen and oxygen atoms in total. The SMILES string of the molecule is Cc1cncc2cccc(S(=O)(=O)N3CCC(C)NC(C)C3)c12. The van der Waals surface area contributed by atoms with Crippen molar-refractivity contribution in [3.05, 3.63) is 36.2 Å². The Morgan fingerprint density at radius 1 is 1.22 bits per heavy atom. The average molecular weight is 333 g/mol. The second kappa shape index (κ2) is 6.19. The fourth-order valence-electron chi connectivity index (χ4n) is 3.30. The van der Waals surface area contributed by atoms with Crippen LogP contribution >= 0.6 is 0 Å². The predicted octanol–water partition coefficient (Wildman–Crippen LogP) is 2.30. The summed E-state index contributed by atoms with van der Waals surface area (Å²) in [5, 5.41) is 5.07. The second-order valence-corrected chi connectivity index (χ2v) is 8.34. The van der Waals surface area contributed by atoms with Crippen LogP contribution in [0.3, 0.4) is 0 Å². The smallest absolute Gasteiger partial charge is 0.243 e. The first-order chi connectivity index (χ1) is 10.9. The Balaban J connectivity index is 2.10. The Hall–Kier alpha value is -1.50. The molecule has 0 saturated carbocycles. The van der Waals surface area contributed by atoms with Gasteiger partial charge < -0.3 is 5.32 Å². The lowest BCUT2D eigenvalue weighted by Crippen LogP contribution is -2.40. The van der Waals surface area contributed by atoms with Crippen LogP contribution in [-0.2, 0) is 10.0 Å². The molecule has 0 aliphatic carbocycles. The minimum absolute atomic E-state index is 0.139. The fourth-order valence-corrected chi connectivity index (χ4v) is 5.13. The minimum atomic E-state index is -3.53. The Labute approximate surface area is 137 Å². The lowest BCUT2D eigenvalue weighted by Gasteiger charge is -2.23. The van der Waals surface area contributed by atoms with Crippen LogP contribution in [0.5, 0.6) is 0 Å². The lowest BCUT2D eigenvalue weighted by molar-refractivity contribution is 0.403. The normalized spacial score (nSPS) is 23.8. The molecule has 1 aromatic carbocycles. The first-order valence-electron chi connectivity index (χ1n) is 7.99. The number of sulfonamides is 1. The summed E-state index contributed by atoms with van der Waals surface area (Å²) in [6.45, 7) is 7.07. The van der Waals surface area contributed by atoms with E-state index in [4.69, 9.17) is 0 Å². The Kier molecular flexibility index (Phi) is 4.40. The third kappa shape index (κ3) is 3.11. The van der Waals surface area contributed by atoms with Crippen molar-refractivity contribution in [1.82, 2.24) is 14.6 Å². The molecule has 1 fully saturated rings. The third-order valence-electron chi connectivity index (χ3n) is 4.41. The van der Waals surface area contributed by atoms with Crippen molar-refractivity contribution in [1.29, 1.82) is 0 Å². The highest BCUT2D eigenvalue weighted by atomic mass is 32.2. The molecular formula is C17H23N3O2S. The molecule has 0 spiro atoms. The van der Waals surface area contributed by atoms with Crippen molar-refractivity contribution in [3.8, 4) is 0 Å². The van der Waals surface area contributed by atoms with Gasteiger partial charge in [-0.1, -0.05) is 12.1 Å². The number of hydrogen-bond acceptors (Lipinski definition) is 4. The van der Waals surface area contributed by atoms with E-state index in [1.165, 1.54) is 0 Å². The van der Waals surface area contributed by atoms with Gasteiger partial charge in [-0.2, -0.15) is 4.31 Å². The van der Waals surface area contributed by atoms with Crippen LogP contribution in [-0.4, -0.2) is 42.9 Å². The number of nitrogens with zero attached hydrogens (tertiary/aromatic N) is 2. The maximum Gasteiger partial charge on any atom is 0.243 e. The van der Waals surface area contributed by atoms with Gasteiger partial charge in [0.05, 0.1) is 4.90 Å². The van der Waals surface area contributed by atoms with Crippen LogP contribution in [0.25, 0.3) is 10.8 Å². The van der Waals surface area contributed by atoms with Crippen molar-refractivity contribution >= 4 is 20.8 Å². The Morgan fingerprint density at radius 3 is 2.78 bits per heavy atom. The van der Waals surface area contributed by atoms with Gasteiger partial charge in [-0.15, -0.1) is 0 Å².